The van der Waals surface area contributed by atoms with Crippen molar-refractivity contribution in [2.24, 2.45) is 5.92 Å². The van der Waals surface area contributed by atoms with Crippen molar-refractivity contribution in [2.45, 2.75) is 33.2 Å². The molecule has 0 saturated heterocycles. The topological polar surface area (TPSA) is 24.1 Å². The SMILES string of the molecule is Cc1ccc2c(c1)NC(CC(C)C)CN2. The Hall–Kier alpha value is -1.18. The van der Waals surface area contributed by atoms with Gasteiger partial charge in [-0.2, -0.15) is 0 Å². The van der Waals surface area contributed by atoms with Crippen LogP contribution >= 0.6 is 0 Å². The van der Waals surface area contributed by atoms with Crippen molar-refractivity contribution >= 4 is 11.4 Å². The lowest BCUT2D eigenvalue weighted by Crippen LogP contribution is -2.34. The van der Waals surface area contributed by atoms with Crippen LogP contribution in [0.3, 0.4) is 0 Å². The predicted molar refractivity (Wildman–Crippen MR) is 66.5 cm³/mol. The third-order valence-corrected chi connectivity index (χ3v) is 2.83. The molecule has 0 aliphatic carbocycles. The highest BCUT2D eigenvalue weighted by molar-refractivity contribution is 5.72. The quantitative estimate of drug-likeness (QED) is 0.772. The second-order valence-corrected chi connectivity index (χ2v) is 4.90. The van der Waals surface area contributed by atoms with Crippen LogP contribution in [0.2, 0.25) is 0 Å². The van der Waals surface area contributed by atoms with Crippen molar-refractivity contribution in [1.82, 2.24) is 0 Å². The molecule has 0 amide bonds. The zero-order chi connectivity index (χ0) is 10.8. The van der Waals surface area contributed by atoms with Crippen LogP contribution in [0.25, 0.3) is 0 Å². The summed E-state index contributed by atoms with van der Waals surface area (Å²) in [5.74, 6) is 0.746. The summed E-state index contributed by atoms with van der Waals surface area (Å²) in [5, 5.41) is 7.09. The molecule has 0 bridgehead atoms. The molecule has 0 fully saturated rings. The Balaban J connectivity index is 2.11. The maximum Gasteiger partial charge on any atom is 0.0581 e. The first-order valence-electron chi connectivity index (χ1n) is 5.76. The van der Waals surface area contributed by atoms with Gasteiger partial charge in [-0.1, -0.05) is 19.9 Å². The molecule has 15 heavy (non-hydrogen) atoms. The van der Waals surface area contributed by atoms with Crippen molar-refractivity contribution in [3.8, 4) is 0 Å². The standard InChI is InChI=1S/C13H20N2/c1-9(2)6-11-8-14-12-5-4-10(3)7-13(12)15-11/h4-5,7,9,11,14-15H,6,8H2,1-3H3. The number of fused-ring (bicyclic) bond motifs is 1. The van der Waals surface area contributed by atoms with E-state index in [1.807, 2.05) is 0 Å². The maximum atomic E-state index is 3.61. The third kappa shape index (κ3) is 2.44. The monoisotopic (exact) mass is 204 g/mol. The second-order valence-electron chi connectivity index (χ2n) is 4.90. The molecule has 0 saturated carbocycles. The molecule has 2 nitrogen and oxygen atoms in total. The van der Waals surface area contributed by atoms with E-state index < -0.39 is 0 Å². The van der Waals surface area contributed by atoms with E-state index >= 15 is 0 Å². The maximum absolute atomic E-state index is 3.61. The Bertz CT molecular complexity index is 344. The number of hydrogen-bond acceptors (Lipinski definition) is 2. The molecule has 1 aliphatic rings. The van der Waals surface area contributed by atoms with E-state index in [2.05, 4.69) is 49.6 Å². The fraction of sp³-hybridized carbons (Fsp3) is 0.538. The van der Waals surface area contributed by atoms with Crippen molar-refractivity contribution in [1.29, 1.82) is 0 Å². The zero-order valence-electron chi connectivity index (χ0n) is 9.80. The van der Waals surface area contributed by atoms with Gasteiger partial charge in [0.2, 0.25) is 0 Å². The lowest BCUT2D eigenvalue weighted by Gasteiger charge is -2.29. The third-order valence-electron chi connectivity index (χ3n) is 2.83. The van der Waals surface area contributed by atoms with Crippen LogP contribution < -0.4 is 10.6 Å². The summed E-state index contributed by atoms with van der Waals surface area (Å²) in [6, 6.07) is 7.09. The van der Waals surface area contributed by atoms with Crippen LogP contribution in [0.4, 0.5) is 11.4 Å². The number of benzene rings is 1. The molecule has 0 spiro atoms. The molecular weight excluding hydrogens is 184 g/mol. The Morgan fingerprint density at radius 1 is 1.33 bits per heavy atom. The smallest absolute Gasteiger partial charge is 0.0581 e. The first-order valence-corrected chi connectivity index (χ1v) is 5.76. The van der Waals surface area contributed by atoms with E-state index in [4.69, 9.17) is 0 Å². The van der Waals surface area contributed by atoms with E-state index in [9.17, 15) is 0 Å². The van der Waals surface area contributed by atoms with Crippen LogP contribution in [0.15, 0.2) is 18.2 Å². The lowest BCUT2D eigenvalue weighted by molar-refractivity contribution is 0.525. The van der Waals surface area contributed by atoms with E-state index in [-0.39, 0.29) is 0 Å². The summed E-state index contributed by atoms with van der Waals surface area (Å²) in [5.41, 5.74) is 3.81. The molecule has 0 aromatic heterocycles. The van der Waals surface area contributed by atoms with Gasteiger partial charge in [0.1, 0.15) is 0 Å². The van der Waals surface area contributed by atoms with Gasteiger partial charge in [-0.3, -0.25) is 0 Å². The lowest BCUT2D eigenvalue weighted by atomic mass is 10.0. The summed E-state index contributed by atoms with van der Waals surface area (Å²) >= 11 is 0. The van der Waals surface area contributed by atoms with Crippen LogP contribution in [-0.4, -0.2) is 12.6 Å². The average Bonchev–Trinajstić information content (AvgIpc) is 2.16. The van der Waals surface area contributed by atoms with E-state index in [1.54, 1.807) is 0 Å². The summed E-state index contributed by atoms with van der Waals surface area (Å²) in [6.45, 7) is 7.71. The van der Waals surface area contributed by atoms with E-state index in [1.165, 1.54) is 23.4 Å². The second kappa shape index (κ2) is 4.13. The highest BCUT2D eigenvalue weighted by Crippen LogP contribution is 2.28. The molecule has 1 heterocycles. The number of rotatable bonds is 2. The molecule has 2 heteroatoms. The van der Waals surface area contributed by atoms with Gasteiger partial charge in [0.15, 0.2) is 0 Å². The van der Waals surface area contributed by atoms with Gasteiger partial charge in [-0.25, -0.2) is 0 Å². The van der Waals surface area contributed by atoms with Crippen molar-refractivity contribution in [3.05, 3.63) is 23.8 Å². The number of hydrogen-bond donors (Lipinski definition) is 2. The van der Waals surface area contributed by atoms with Gasteiger partial charge < -0.3 is 10.6 Å². The van der Waals surface area contributed by atoms with Crippen molar-refractivity contribution in [3.63, 3.8) is 0 Å². The Morgan fingerprint density at radius 3 is 2.87 bits per heavy atom. The number of aryl methyl sites for hydroxylation is 1. The van der Waals surface area contributed by atoms with Gasteiger partial charge >= 0.3 is 0 Å². The number of nitrogens with one attached hydrogen (secondary N) is 2. The average molecular weight is 204 g/mol. The fourth-order valence-corrected chi connectivity index (χ4v) is 2.15. The van der Waals surface area contributed by atoms with Crippen LogP contribution in [0.5, 0.6) is 0 Å². The molecule has 0 radical (unpaired) electrons. The molecule has 1 aromatic rings. The van der Waals surface area contributed by atoms with Crippen molar-refractivity contribution < 1.29 is 0 Å². The zero-order valence-corrected chi connectivity index (χ0v) is 9.80. The fourth-order valence-electron chi connectivity index (χ4n) is 2.15. The summed E-state index contributed by atoms with van der Waals surface area (Å²) in [7, 11) is 0. The molecule has 1 atom stereocenters. The molecule has 1 aromatic carbocycles. The molecule has 1 unspecified atom stereocenters. The van der Waals surface area contributed by atoms with Crippen LogP contribution in [-0.2, 0) is 0 Å². The summed E-state index contributed by atoms with van der Waals surface area (Å²) in [4.78, 5) is 0. The minimum atomic E-state index is 0.569. The van der Waals surface area contributed by atoms with Gasteiger partial charge in [-0.05, 0) is 37.0 Å². The van der Waals surface area contributed by atoms with Crippen molar-refractivity contribution in [2.75, 3.05) is 17.2 Å². The van der Waals surface area contributed by atoms with Crippen LogP contribution in [0, 0.1) is 12.8 Å². The molecule has 2 rings (SSSR count). The first-order chi connectivity index (χ1) is 7.15. The Labute approximate surface area is 92.1 Å². The number of anilines is 2. The summed E-state index contributed by atoms with van der Waals surface area (Å²) in [6.07, 6.45) is 1.22. The summed E-state index contributed by atoms with van der Waals surface area (Å²) < 4.78 is 0. The van der Waals surface area contributed by atoms with Gasteiger partial charge in [0.25, 0.3) is 0 Å². The largest absolute Gasteiger partial charge is 0.381 e. The van der Waals surface area contributed by atoms with E-state index in [0.29, 0.717) is 6.04 Å². The van der Waals surface area contributed by atoms with E-state index in [0.717, 1.165) is 12.5 Å². The normalized spacial score (nSPS) is 19.3. The highest BCUT2D eigenvalue weighted by Gasteiger charge is 2.17. The Kier molecular flexibility index (Phi) is 2.85. The van der Waals surface area contributed by atoms with Gasteiger partial charge in [-0.15, -0.1) is 0 Å². The molecule has 2 N–H and O–H groups in total. The van der Waals surface area contributed by atoms with Gasteiger partial charge in [0.05, 0.1) is 11.4 Å². The van der Waals surface area contributed by atoms with Crippen LogP contribution in [0.1, 0.15) is 25.8 Å². The minimum Gasteiger partial charge on any atom is -0.381 e. The molecule has 82 valence electrons. The van der Waals surface area contributed by atoms with Gasteiger partial charge in [0, 0.05) is 12.6 Å². The Morgan fingerprint density at radius 2 is 2.13 bits per heavy atom. The first kappa shape index (κ1) is 10.3. The minimum absolute atomic E-state index is 0.569. The molecule has 1 aliphatic heterocycles. The highest BCUT2D eigenvalue weighted by atomic mass is 15.1. The predicted octanol–water partition coefficient (Wildman–Crippen LogP) is 3.25. The molecular formula is C13H20N2.